The van der Waals surface area contributed by atoms with E-state index in [4.69, 9.17) is 0 Å². The van der Waals surface area contributed by atoms with E-state index in [9.17, 15) is 13.2 Å². The van der Waals surface area contributed by atoms with Crippen molar-refractivity contribution in [3.8, 4) is 11.4 Å². The Bertz CT molecular complexity index is 1200. The third kappa shape index (κ3) is 3.73. The Kier molecular flexibility index (Phi) is 4.64. The fourth-order valence-electron chi connectivity index (χ4n) is 4.22. The van der Waals surface area contributed by atoms with Gasteiger partial charge in [-0.15, -0.1) is 0 Å². The van der Waals surface area contributed by atoms with Crippen LogP contribution in [0.4, 0.5) is 19.1 Å². The number of anilines is 1. The Morgan fingerprint density at radius 2 is 1.97 bits per heavy atom. The van der Waals surface area contributed by atoms with E-state index in [1.165, 1.54) is 16.7 Å². The number of imidazole rings is 1. The highest BCUT2D eigenvalue weighted by atomic mass is 19.4. The number of pyridine rings is 1. The SMILES string of the molecule is CC1CC(c2cn[nH]c2)CN(c2nccc(-c3cnc4ccc(C(F)(F)F)cn34)n2)C1. The first-order valence-electron chi connectivity index (χ1n) is 10.00. The zero-order valence-corrected chi connectivity index (χ0v) is 16.7. The molecule has 160 valence electrons. The number of rotatable bonds is 3. The minimum Gasteiger partial charge on any atom is -0.340 e. The minimum atomic E-state index is -4.43. The van der Waals surface area contributed by atoms with E-state index in [0.29, 0.717) is 34.8 Å². The number of halogens is 3. The molecule has 0 bridgehead atoms. The maximum Gasteiger partial charge on any atom is 0.417 e. The number of alkyl halides is 3. The molecule has 0 spiro atoms. The number of nitrogens with zero attached hydrogens (tertiary/aromatic N) is 6. The molecule has 0 radical (unpaired) electrons. The summed E-state index contributed by atoms with van der Waals surface area (Å²) in [5.41, 5.74) is 1.85. The van der Waals surface area contributed by atoms with Gasteiger partial charge in [0.15, 0.2) is 0 Å². The van der Waals surface area contributed by atoms with E-state index in [0.717, 1.165) is 37.3 Å². The van der Waals surface area contributed by atoms with Crippen molar-refractivity contribution in [3.05, 3.63) is 60.3 Å². The van der Waals surface area contributed by atoms with Crippen LogP contribution in [-0.4, -0.2) is 42.6 Å². The Labute approximate surface area is 176 Å². The van der Waals surface area contributed by atoms with Crippen LogP contribution in [0.5, 0.6) is 0 Å². The lowest BCUT2D eigenvalue weighted by Crippen LogP contribution is -2.39. The third-order valence-electron chi connectivity index (χ3n) is 5.67. The highest BCUT2D eigenvalue weighted by Gasteiger charge is 2.31. The molecule has 31 heavy (non-hydrogen) atoms. The van der Waals surface area contributed by atoms with Crippen LogP contribution in [0.15, 0.2) is 49.2 Å². The number of aromatic amines is 1. The number of fused-ring (bicyclic) bond motifs is 1. The lowest BCUT2D eigenvalue weighted by Gasteiger charge is -2.36. The summed E-state index contributed by atoms with van der Waals surface area (Å²) in [4.78, 5) is 15.5. The summed E-state index contributed by atoms with van der Waals surface area (Å²) in [5.74, 6) is 1.30. The monoisotopic (exact) mass is 427 g/mol. The molecule has 1 fully saturated rings. The average Bonchev–Trinajstić information content (AvgIpc) is 3.42. The standard InChI is InChI=1S/C21H20F3N7/c1-13-6-14(15-7-27-28-8-15)11-30(10-13)20-25-5-4-17(29-20)18-9-26-19-3-2-16(12-31(18)19)21(22,23)24/h2-5,7-9,12-14H,6,10-11H2,1H3,(H,27,28). The van der Waals surface area contributed by atoms with Gasteiger partial charge in [0, 0.05) is 37.6 Å². The fraction of sp³-hybridized carbons (Fsp3) is 0.333. The minimum absolute atomic E-state index is 0.305. The maximum absolute atomic E-state index is 13.2. The quantitative estimate of drug-likeness (QED) is 0.531. The van der Waals surface area contributed by atoms with Gasteiger partial charge in [-0.3, -0.25) is 9.50 Å². The summed E-state index contributed by atoms with van der Waals surface area (Å²) in [5, 5.41) is 6.92. The Balaban J connectivity index is 1.49. The van der Waals surface area contributed by atoms with Crippen LogP contribution >= 0.6 is 0 Å². The lowest BCUT2D eigenvalue weighted by molar-refractivity contribution is -0.137. The summed E-state index contributed by atoms with van der Waals surface area (Å²) in [6.07, 6.45) is 4.59. The molecule has 10 heteroatoms. The van der Waals surface area contributed by atoms with Crippen LogP contribution in [0.25, 0.3) is 17.0 Å². The number of nitrogens with one attached hydrogen (secondary N) is 1. The molecular weight excluding hydrogens is 407 g/mol. The van der Waals surface area contributed by atoms with Gasteiger partial charge in [-0.1, -0.05) is 6.92 Å². The van der Waals surface area contributed by atoms with Crippen molar-refractivity contribution in [1.82, 2.24) is 29.5 Å². The van der Waals surface area contributed by atoms with Crippen LogP contribution in [0, 0.1) is 5.92 Å². The summed E-state index contributed by atoms with van der Waals surface area (Å²) >= 11 is 0. The van der Waals surface area contributed by atoms with Crippen molar-refractivity contribution >= 4 is 11.6 Å². The zero-order valence-electron chi connectivity index (χ0n) is 16.7. The van der Waals surface area contributed by atoms with Gasteiger partial charge >= 0.3 is 6.18 Å². The fourth-order valence-corrected chi connectivity index (χ4v) is 4.22. The molecule has 2 unspecified atom stereocenters. The molecule has 4 aromatic heterocycles. The van der Waals surface area contributed by atoms with Gasteiger partial charge < -0.3 is 4.90 Å². The molecule has 5 heterocycles. The number of hydrogen-bond acceptors (Lipinski definition) is 5. The smallest absolute Gasteiger partial charge is 0.340 e. The molecule has 0 aromatic carbocycles. The molecule has 1 saturated heterocycles. The number of H-pyrrole nitrogens is 1. The first kappa shape index (κ1) is 19.5. The zero-order chi connectivity index (χ0) is 21.6. The second-order valence-electron chi connectivity index (χ2n) is 8.00. The van der Waals surface area contributed by atoms with Crippen LogP contribution in [0.2, 0.25) is 0 Å². The van der Waals surface area contributed by atoms with Crippen LogP contribution in [-0.2, 0) is 6.18 Å². The van der Waals surface area contributed by atoms with E-state index < -0.39 is 11.7 Å². The molecule has 1 N–H and O–H groups in total. The molecule has 1 aliphatic heterocycles. The topological polar surface area (TPSA) is 75.0 Å². The van der Waals surface area contributed by atoms with E-state index in [1.54, 1.807) is 12.3 Å². The molecule has 0 amide bonds. The molecular formula is C21H20F3N7. The molecule has 1 aliphatic rings. The van der Waals surface area contributed by atoms with E-state index in [-0.39, 0.29) is 0 Å². The van der Waals surface area contributed by atoms with Gasteiger partial charge in [0.1, 0.15) is 5.65 Å². The molecule has 5 rings (SSSR count). The predicted octanol–water partition coefficient (Wildman–Crippen LogP) is 4.16. The Morgan fingerprint density at radius 3 is 2.74 bits per heavy atom. The molecule has 2 atom stereocenters. The Morgan fingerprint density at radius 1 is 1.10 bits per heavy atom. The van der Waals surface area contributed by atoms with Crippen molar-refractivity contribution in [1.29, 1.82) is 0 Å². The van der Waals surface area contributed by atoms with Crippen molar-refractivity contribution in [3.63, 3.8) is 0 Å². The summed E-state index contributed by atoms with van der Waals surface area (Å²) < 4.78 is 41.0. The average molecular weight is 427 g/mol. The van der Waals surface area contributed by atoms with Crippen molar-refractivity contribution in [2.45, 2.75) is 25.4 Å². The molecule has 7 nitrogen and oxygen atoms in total. The van der Waals surface area contributed by atoms with Gasteiger partial charge in [0.05, 0.1) is 29.3 Å². The van der Waals surface area contributed by atoms with E-state index in [2.05, 4.69) is 37.0 Å². The summed E-state index contributed by atoms with van der Waals surface area (Å²) in [6.45, 7) is 3.74. The first-order valence-corrected chi connectivity index (χ1v) is 10.00. The van der Waals surface area contributed by atoms with Crippen LogP contribution < -0.4 is 4.90 Å². The normalized spacial score (nSPS) is 19.8. The van der Waals surface area contributed by atoms with Gasteiger partial charge in [-0.05, 0) is 36.1 Å². The van der Waals surface area contributed by atoms with Crippen molar-refractivity contribution < 1.29 is 13.2 Å². The predicted molar refractivity (Wildman–Crippen MR) is 109 cm³/mol. The molecule has 4 aromatic rings. The first-order chi connectivity index (χ1) is 14.9. The van der Waals surface area contributed by atoms with Gasteiger partial charge in [0.2, 0.25) is 5.95 Å². The third-order valence-corrected chi connectivity index (χ3v) is 5.67. The molecule has 0 aliphatic carbocycles. The van der Waals surface area contributed by atoms with E-state index >= 15 is 0 Å². The largest absolute Gasteiger partial charge is 0.417 e. The Hall–Kier alpha value is -3.43. The number of aromatic nitrogens is 6. The lowest BCUT2D eigenvalue weighted by atomic mass is 9.87. The van der Waals surface area contributed by atoms with Crippen molar-refractivity contribution in [2.24, 2.45) is 5.92 Å². The highest BCUT2D eigenvalue weighted by molar-refractivity contribution is 5.61. The molecule has 0 saturated carbocycles. The number of piperidine rings is 1. The second-order valence-corrected chi connectivity index (χ2v) is 8.00. The summed E-state index contributed by atoms with van der Waals surface area (Å²) in [6, 6.07) is 4.08. The number of hydrogen-bond donors (Lipinski definition) is 1. The summed E-state index contributed by atoms with van der Waals surface area (Å²) in [7, 11) is 0. The van der Waals surface area contributed by atoms with Crippen LogP contribution in [0.3, 0.4) is 0 Å². The van der Waals surface area contributed by atoms with Crippen molar-refractivity contribution in [2.75, 3.05) is 18.0 Å². The van der Waals surface area contributed by atoms with Crippen LogP contribution in [0.1, 0.15) is 30.4 Å². The van der Waals surface area contributed by atoms with Gasteiger partial charge in [0.25, 0.3) is 0 Å². The van der Waals surface area contributed by atoms with E-state index in [1.807, 2.05) is 12.4 Å². The highest BCUT2D eigenvalue weighted by Crippen LogP contribution is 2.33. The van der Waals surface area contributed by atoms with Gasteiger partial charge in [-0.2, -0.15) is 18.3 Å². The second kappa shape index (κ2) is 7.36. The van der Waals surface area contributed by atoms with Gasteiger partial charge in [-0.25, -0.2) is 15.0 Å². The maximum atomic E-state index is 13.2.